The number of fused-ring (bicyclic) bond motifs is 1. The molecule has 3 aromatic carbocycles. The summed E-state index contributed by atoms with van der Waals surface area (Å²) < 4.78 is 32.9. The van der Waals surface area contributed by atoms with Crippen molar-refractivity contribution in [1.82, 2.24) is 0 Å². The molecule has 0 fully saturated rings. The highest BCUT2D eigenvalue weighted by atomic mass is 32.2. The molecule has 1 amide bonds. The number of nitrogens with zero attached hydrogens (tertiary/aromatic N) is 1. The highest BCUT2D eigenvalue weighted by Gasteiger charge is 2.24. The van der Waals surface area contributed by atoms with Crippen LogP contribution in [0.2, 0.25) is 0 Å². The number of carbonyl (C=O) groups is 1. The highest BCUT2D eigenvalue weighted by molar-refractivity contribution is 7.86. The fraction of sp³-hybridized carbons (Fsp3) is 0.0556. The van der Waals surface area contributed by atoms with Gasteiger partial charge in [0.2, 0.25) is 0 Å². The van der Waals surface area contributed by atoms with E-state index in [2.05, 4.69) is 5.32 Å². The summed E-state index contributed by atoms with van der Waals surface area (Å²) in [6.45, 7) is 1.65. The lowest BCUT2D eigenvalue weighted by Crippen LogP contribution is -2.15. The fourth-order valence-electron chi connectivity index (χ4n) is 2.85. The van der Waals surface area contributed by atoms with E-state index in [1.54, 1.807) is 6.92 Å². The van der Waals surface area contributed by atoms with Gasteiger partial charge in [-0.3, -0.25) is 19.5 Å². The van der Waals surface area contributed by atoms with Crippen molar-refractivity contribution < 1.29 is 27.8 Å². The van der Waals surface area contributed by atoms with Crippen molar-refractivity contribution in [2.75, 3.05) is 5.32 Å². The van der Waals surface area contributed by atoms with Gasteiger partial charge in [0.1, 0.15) is 16.2 Å². The van der Waals surface area contributed by atoms with Crippen molar-refractivity contribution in [3.05, 3.63) is 69.8 Å². The first-order chi connectivity index (χ1) is 13.1. The number of hydrogen-bond acceptors (Lipinski definition) is 6. The SMILES string of the molecule is Cc1ccc([N+](=O)[O-])c(C(=O)Nc2c(O)ccc3cccc(S(=O)(=O)O)c23)c1. The van der Waals surface area contributed by atoms with E-state index in [0.29, 0.717) is 10.9 Å². The quantitative estimate of drug-likeness (QED) is 0.263. The van der Waals surface area contributed by atoms with Crippen LogP contribution in [-0.4, -0.2) is 28.9 Å². The van der Waals surface area contributed by atoms with Crippen LogP contribution in [0.1, 0.15) is 15.9 Å². The number of benzene rings is 3. The van der Waals surface area contributed by atoms with Gasteiger partial charge in [-0.1, -0.05) is 24.3 Å². The Morgan fingerprint density at radius 3 is 2.50 bits per heavy atom. The minimum atomic E-state index is -4.67. The molecule has 0 heterocycles. The van der Waals surface area contributed by atoms with E-state index >= 15 is 0 Å². The monoisotopic (exact) mass is 402 g/mol. The van der Waals surface area contributed by atoms with Crippen LogP contribution in [0.5, 0.6) is 5.75 Å². The van der Waals surface area contributed by atoms with Crippen molar-refractivity contribution in [2.24, 2.45) is 0 Å². The summed E-state index contributed by atoms with van der Waals surface area (Å²) in [5.74, 6) is -1.38. The number of phenols is 1. The van der Waals surface area contributed by atoms with Gasteiger partial charge in [0.15, 0.2) is 0 Å². The van der Waals surface area contributed by atoms with Crippen LogP contribution in [0.15, 0.2) is 53.4 Å². The summed E-state index contributed by atoms with van der Waals surface area (Å²) in [4.78, 5) is 22.7. The summed E-state index contributed by atoms with van der Waals surface area (Å²) in [6.07, 6.45) is 0. The number of nitro groups is 1. The molecule has 0 unspecified atom stereocenters. The Kier molecular flexibility index (Phi) is 4.75. The third-order valence-electron chi connectivity index (χ3n) is 4.10. The molecular formula is C18H14N2O7S. The van der Waals surface area contributed by atoms with Crippen LogP contribution in [0, 0.1) is 17.0 Å². The smallest absolute Gasteiger partial charge is 0.295 e. The molecule has 0 saturated heterocycles. The zero-order valence-corrected chi connectivity index (χ0v) is 15.2. The summed E-state index contributed by atoms with van der Waals surface area (Å²) in [7, 11) is -4.67. The summed E-state index contributed by atoms with van der Waals surface area (Å²) in [5.41, 5.74) is -0.397. The first-order valence-electron chi connectivity index (χ1n) is 7.88. The minimum absolute atomic E-state index is 0.117. The molecule has 0 aliphatic heterocycles. The van der Waals surface area contributed by atoms with Gasteiger partial charge in [-0.05, 0) is 36.1 Å². The Hall–Kier alpha value is -3.50. The van der Waals surface area contributed by atoms with Gasteiger partial charge in [-0.25, -0.2) is 0 Å². The molecule has 10 heteroatoms. The topological polar surface area (TPSA) is 147 Å². The molecule has 0 aromatic heterocycles. The van der Waals surface area contributed by atoms with Crippen LogP contribution in [0.3, 0.4) is 0 Å². The van der Waals surface area contributed by atoms with Crippen molar-refractivity contribution >= 4 is 38.2 Å². The number of aryl methyl sites for hydroxylation is 1. The molecule has 3 aromatic rings. The van der Waals surface area contributed by atoms with Gasteiger partial charge in [0.25, 0.3) is 21.7 Å². The maximum atomic E-state index is 12.7. The Balaban J connectivity index is 2.21. The second-order valence-corrected chi connectivity index (χ2v) is 7.41. The van der Waals surface area contributed by atoms with E-state index in [-0.39, 0.29) is 16.6 Å². The first kappa shape index (κ1) is 19.3. The van der Waals surface area contributed by atoms with Crippen LogP contribution in [0.4, 0.5) is 11.4 Å². The predicted octanol–water partition coefficient (Wildman–Crippen LogP) is 3.26. The number of carbonyl (C=O) groups excluding carboxylic acids is 1. The second kappa shape index (κ2) is 6.91. The number of phenolic OH excluding ortho intramolecular Hbond substituents is 1. The van der Waals surface area contributed by atoms with Gasteiger partial charge in [-0.2, -0.15) is 8.42 Å². The number of nitro benzene ring substituents is 1. The molecule has 28 heavy (non-hydrogen) atoms. The van der Waals surface area contributed by atoms with Gasteiger partial charge in [-0.15, -0.1) is 0 Å². The summed E-state index contributed by atoms with van der Waals surface area (Å²) >= 11 is 0. The van der Waals surface area contributed by atoms with Crippen LogP contribution >= 0.6 is 0 Å². The number of anilines is 1. The van der Waals surface area contributed by atoms with Crippen molar-refractivity contribution in [3.63, 3.8) is 0 Å². The van der Waals surface area contributed by atoms with E-state index in [0.717, 1.165) is 6.07 Å². The number of amides is 1. The molecule has 0 bridgehead atoms. The minimum Gasteiger partial charge on any atom is -0.506 e. The molecule has 0 radical (unpaired) electrons. The average Bonchev–Trinajstić information content (AvgIpc) is 2.62. The van der Waals surface area contributed by atoms with E-state index in [1.807, 2.05) is 0 Å². The lowest BCUT2D eigenvalue weighted by molar-refractivity contribution is -0.385. The van der Waals surface area contributed by atoms with E-state index in [9.17, 15) is 33.0 Å². The standard InChI is InChI=1S/C18H14N2O7S/c1-10-5-7-13(20(23)24)12(9-10)18(22)19-17-14(21)8-6-11-3-2-4-15(16(11)17)28(25,26)27/h2-9,21H,1H3,(H,19,22)(H,25,26,27). The fourth-order valence-corrected chi connectivity index (χ4v) is 3.58. The Morgan fingerprint density at radius 1 is 1.14 bits per heavy atom. The molecule has 0 atom stereocenters. The Bertz CT molecular complexity index is 1240. The first-order valence-corrected chi connectivity index (χ1v) is 9.32. The van der Waals surface area contributed by atoms with Crippen LogP contribution in [0.25, 0.3) is 10.8 Å². The van der Waals surface area contributed by atoms with Crippen molar-refractivity contribution in [1.29, 1.82) is 0 Å². The average molecular weight is 402 g/mol. The lowest BCUT2D eigenvalue weighted by atomic mass is 10.1. The summed E-state index contributed by atoms with van der Waals surface area (Å²) in [6, 6.07) is 10.6. The maximum Gasteiger partial charge on any atom is 0.295 e. The van der Waals surface area contributed by atoms with Crippen LogP contribution in [-0.2, 0) is 10.1 Å². The maximum absolute atomic E-state index is 12.7. The van der Waals surface area contributed by atoms with Gasteiger partial charge in [0, 0.05) is 11.5 Å². The molecule has 144 valence electrons. The zero-order chi connectivity index (χ0) is 20.6. The van der Waals surface area contributed by atoms with E-state index in [4.69, 9.17) is 0 Å². The lowest BCUT2D eigenvalue weighted by Gasteiger charge is -2.13. The number of hydrogen-bond donors (Lipinski definition) is 3. The second-order valence-electron chi connectivity index (χ2n) is 6.02. The normalized spacial score (nSPS) is 11.4. The predicted molar refractivity (Wildman–Crippen MR) is 101 cm³/mol. The third kappa shape index (κ3) is 3.50. The molecule has 3 rings (SSSR count). The molecule has 9 nitrogen and oxygen atoms in total. The van der Waals surface area contributed by atoms with Crippen molar-refractivity contribution in [3.8, 4) is 5.75 Å². The molecule has 0 aliphatic carbocycles. The third-order valence-corrected chi connectivity index (χ3v) is 4.99. The number of nitrogens with one attached hydrogen (secondary N) is 1. The highest BCUT2D eigenvalue weighted by Crippen LogP contribution is 2.37. The van der Waals surface area contributed by atoms with Gasteiger partial charge in [0.05, 0.1) is 10.6 Å². The van der Waals surface area contributed by atoms with E-state index in [1.165, 1.54) is 42.5 Å². The Labute approximate surface area is 159 Å². The molecule has 0 saturated carbocycles. The molecule has 3 N–H and O–H groups in total. The molecular weight excluding hydrogens is 388 g/mol. The van der Waals surface area contributed by atoms with Crippen LogP contribution < -0.4 is 5.32 Å². The van der Waals surface area contributed by atoms with Crippen molar-refractivity contribution in [2.45, 2.75) is 11.8 Å². The zero-order valence-electron chi connectivity index (χ0n) is 14.4. The largest absolute Gasteiger partial charge is 0.506 e. The van der Waals surface area contributed by atoms with Gasteiger partial charge >= 0.3 is 0 Å². The molecule has 0 aliphatic rings. The molecule has 0 spiro atoms. The number of rotatable bonds is 4. The summed E-state index contributed by atoms with van der Waals surface area (Å²) in [5, 5.41) is 24.0. The Morgan fingerprint density at radius 2 is 1.86 bits per heavy atom. The van der Waals surface area contributed by atoms with Gasteiger partial charge < -0.3 is 10.4 Å². The number of aromatic hydroxyl groups is 1. The van der Waals surface area contributed by atoms with E-state index < -0.39 is 37.3 Å².